The van der Waals surface area contributed by atoms with Crippen molar-refractivity contribution in [3.8, 4) is 0 Å². The third-order valence-corrected chi connectivity index (χ3v) is 3.77. The van der Waals surface area contributed by atoms with Crippen molar-refractivity contribution in [3.63, 3.8) is 0 Å². The monoisotopic (exact) mass is 375 g/mol. The summed E-state index contributed by atoms with van der Waals surface area (Å²) in [5.74, 6) is -1.83. The highest BCUT2D eigenvalue weighted by atomic mass is 35.5. The fourth-order valence-electron chi connectivity index (χ4n) is 2.22. The van der Waals surface area contributed by atoms with E-state index < -0.39 is 30.5 Å². The van der Waals surface area contributed by atoms with E-state index in [1.807, 2.05) is 30.3 Å². The molecular formula is C19H18ClNO5. The standard InChI is InChI=1S/C19H18ClNO5/c1-25-19(24)16(11-13-5-3-2-4-6-13)21-17(22)12-26-18(23)14-7-9-15(20)10-8-14/h2-10,16H,11-12H2,1H3,(H,21,22)/t16-/m0/s1. The average molecular weight is 376 g/mol. The van der Waals surface area contributed by atoms with Crippen molar-refractivity contribution in [1.29, 1.82) is 0 Å². The molecule has 0 unspecified atom stereocenters. The van der Waals surface area contributed by atoms with Gasteiger partial charge in [0.1, 0.15) is 6.04 Å². The van der Waals surface area contributed by atoms with Crippen LogP contribution in [0.5, 0.6) is 0 Å². The van der Waals surface area contributed by atoms with Gasteiger partial charge in [0.05, 0.1) is 12.7 Å². The van der Waals surface area contributed by atoms with E-state index in [1.165, 1.54) is 19.2 Å². The zero-order chi connectivity index (χ0) is 18.9. The first kappa shape index (κ1) is 19.5. The topological polar surface area (TPSA) is 81.7 Å². The van der Waals surface area contributed by atoms with Crippen LogP contribution in [0.25, 0.3) is 0 Å². The smallest absolute Gasteiger partial charge is 0.338 e. The molecule has 0 aromatic heterocycles. The lowest BCUT2D eigenvalue weighted by molar-refractivity contribution is -0.145. The molecule has 6 nitrogen and oxygen atoms in total. The van der Waals surface area contributed by atoms with Crippen molar-refractivity contribution >= 4 is 29.4 Å². The number of hydrogen-bond donors (Lipinski definition) is 1. The second kappa shape index (κ2) is 9.58. The zero-order valence-corrected chi connectivity index (χ0v) is 14.9. The van der Waals surface area contributed by atoms with E-state index in [0.717, 1.165) is 5.56 Å². The Morgan fingerprint density at radius 1 is 1.04 bits per heavy atom. The minimum absolute atomic E-state index is 0.268. The Morgan fingerprint density at radius 3 is 2.31 bits per heavy atom. The Balaban J connectivity index is 1.91. The molecule has 0 saturated heterocycles. The Hall–Kier alpha value is -2.86. The maximum atomic E-state index is 12.0. The summed E-state index contributed by atoms with van der Waals surface area (Å²) < 4.78 is 9.67. The lowest BCUT2D eigenvalue weighted by Gasteiger charge is -2.16. The number of rotatable bonds is 7. The van der Waals surface area contributed by atoms with Crippen LogP contribution in [-0.4, -0.2) is 37.6 Å². The normalized spacial score (nSPS) is 11.3. The largest absolute Gasteiger partial charge is 0.467 e. The molecule has 0 radical (unpaired) electrons. The lowest BCUT2D eigenvalue weighted by atomic mass is 10.1. The summed E-state index contributed by atoms with van der Waals surface area (Å²) >= 11 is 5.75. The predicted octanol–water partition coefficient (Wildman–Crippen LogP) is 2.40. The van der Waals surface area contributed by atoms with Gasteiger partial charge in [-0.3, -0.25) is 4.79 Å². The number of methoxy groups -OCH3 is 1. The third-order valence-electron chi connectivity index (χ3n) is 3.52. The van der Waals surface area contributed by atoms with Crippen molar-refractivity contribution < 1.29 is 23.9 Å². The third kappa shape index (κ3) is 5.89. The Bertz CT molecular complexity index is 761. The van der Waals surface area contributed by atoms with Gasteiger partial charge in [-0.1, -0.05) is 41.9 Å². The molecule has 0 heterocycles. The molecule has 2 rings (SSSR count). The highest BCUT2D eigenvalue weighted by Crippen LogP contribution is 2.10. The molecule has 0 aliphatic rings. The molecule has 0 fully saturated rings. The molecule has 7 heteroatoms. The molecule has 136 valence electrons. The van der Waals surface area contributed by atoms with Gasteiger partial charge in [0.15, 0.2) is 6.61 Å². The van der Waals surface area contributed by atoms with Crippen LogP contribution in [0.4, 0.5) is 0 Å². The minimum Gasteiger partial charge on any atom is -0.467 e. The molecule has 2 aromatic rings. The summed E-state index contributed by atoms with van der Waals surface area (Å²) in [6.07, 6.45) is 0.268. The van der Waals surface area contributed by atoms with Gasteiger partial charge in [-0.2, -0.15) is 0 Å². The number of carbonyl (C=O) groups is 3. The van der Waals surface area contributed by atoms with E-state index in [9.17, 15) is 14.4 Å². The van der Waals surface area contributed by atoms with Crippen molar-refractivity contribution in [2.75, 3.05) is 13.7 Å². The van der Waals surface area contributed by atoms with Gasteiger partial charge in [-0.25, -0.2) is 9.59 Å². The van der Waals surface area contributed by atoms with Crippen molar-refractivity contribution in [2.45, 2.75) is 12.5 Å². The second-order valence-corrected chi connectivity index (χ2v) is 5.85. The van der Waals surface area contributed by atoms with Gasteiger partial charge >= 0.3 is 11.9 Å². The summed E-state index contributed by atoms with van der Waals surface area (Å²) in [5, 5.41) is 3.01. The van der Waals surface area contributed by atoms with Gasteiger partial charge in [-0.05, 0) is 29.8 Å². The summed E-state index contributed by atoms with van der Waals surface area (Å²) in [5.41, 5.74) is 1.14. The predicted molar refractivity (Wildman–Crippen MR) is 95.8 cm³/mol. The second-order valence-electron chi connectivity index (χ2n) is 5.42. The fraction of sp³-hybridized carbons (Fsp3) is 0.211. The lowest BCUT2D eigenvalue weighted by Crippen LogP contribution is -2.44. The van der Waals surface area contributed by atoms with Crippen molar-refractivity contribution in [2.24, 2.45) is 0 Å². The molecule has 0 aliphatic carbocycles. The number of ether oxygens (including phenoxy) is 2. The molecule has 2 aromatic carbocycles. The van der Waals surface area contributed by atoms with Gasteiger partial charge < -0.3 is 14.8 Å². The summed E-state index contributed by atoms with van der Waals surface area (Å²) in [7, 11) is 1.24. The number of benzene rings is 2. The fourth-order valence-corrected chi connectivity index (χ4v) is 2.35. The Labute approximate surface area is 156 Å². The van der Waals surface area contributed by atoms with Crippen LogP contribution in [0, 0.1) is 0 Å². The van der Waals surface area contributed by atoms with Crippen molar-refractivity contribution in [1.82, 2.24) is 5.32 Å². The molecular weight excluding hydrogens is 358 g/mol. The van der Waals surface area contributed by atoms with Gasteiger partial charge in [0.2, 0.25) is 0 Å². The number of nitrogens with one attached hydrogen (secondary N) is 1. The number of carbonyl (C=O) groups excluding carboxylic acids is 3. The molecule has 1 amide bonds. The van der Waals surface area contributed by atoms with Gasteiger partial charge in [-0.15, -0.1) is 0 Å². The minimum atomic E-state index is -0.871. The molecule has 0 spiro atoms. The first-order chi connectivity index (χ1) is 12.5. The summed E-state index contributed by atoms with van der Waals surface area (Å²) in [6, 6.07) is 14.4. The van der Waals surface area contributed by atoms with E-state index in [-0.39, 0.29) is 12.0 Å². The van der Waals surface area contributed by atoms with E-state index in [4.69, 9.17) is 21.1 Å². The van der Waals surface area contributed by atoms with E-state index in [1.54, 1.807) is 12.1 Å². The molecule has 1 atom stereocenters. The van der Waals surface area contributed by atoms with Crippen LogP contribution in [0.1, 0.15) is 15.9 Å². The summed E-state index contributed by atoms with van der Waals surface area (Å²) in [6.45, 7) is -0.510. The number of amides is 1. The average Bonchev–Trinajstić information content (AvgIpc) is 2.66. The van der Waals surface area contributed by atoms with Crippen LogP contribution in [0.15, 0.2) is 54.6 Å². The molecule has 0 aliphatic heterocycles. The highest BCUT2D eigenvalue weighted by molar-refractivity contribution is 6.30. The highest BCUT2D eigenvalue weighted by Gasteiger charge is 2.22. The maximum absolute atomic E-state index is 12.0. The quantitative estimate of drug-likeness (QED) is 0.751. The number of esters is 2. The maximum Gasteiger partial charge on any atom is 0.338 e. The van der Waals surface area contributed by atoms with Crippen LogP contribution in [0.3, 0.4) is 0 Å². The van der Waals surface area contributed by atoms with E-state index in [0.29, 0.717) is 5.02 Å². The van der Waals surface area contributed by atoms with Crippen molar-refractivity contribution in [3.05, 3.63) is 70.7 Å². The van der Waals surface area contributed by atoms with Crippen LogP contribution >= 0.6 is 11.6 Å². The first-order valence-corrected chi connectivity index (χ1v) is 8.21. The molecule has 0 bridgehead atoms. The molecule has 0 saturated carbocycles. The van der Waals surface area contributed by atoms with Crippen LogP contribution in [-0.2, 0) is 25.5 Å². The van der Waals surface area contributed by atoms with E-state index in [2.05, 4.69) is 5.32 Å². The van der Waals surface area contributed by atoms with Gasteiger partial charge in [0, 0.05) is 11.4 Å². The molecule has 1 N–H and O–H groups in total. The Kier molecular flexibility index (Phi) is 7.17. The van der Waals surface area contributed by atoms with Crippen LogP contribution in [0.2, 0.25) is 5.02 Å². The molecule has 26 heavy (non-hydrogen) atoms. The number of hydrogen-bond acceptors (Lipinski definition) is 5. The first-order valence-electron chi connectivity index (χ1n) is 7.83. The van der Waals surface area contributed by atoms with Gasteiger partial charge in [0.25, 0.3) is 5.91 Å². The van der Waals surface area contributed by atoms with Crippen LogP contribution < -0.4 is 5.32 Å². The number of halogens is 1. The Morgan fingerprint density at radius 2 is 1.69 bits per heavy atom. The summed E-state index contributed by atoms with van der Waals surface area (Å²) in [4.78, 5) is 35.8. The SMILES string of the molecule is COC(=O)[C@H](Cc1ccccc1)NC(=O)COC(=O)c1ccc(Cl)cc1. The zero-order valence-electron chi connectivity index (χ0n) is 14.1. The van der Waals surface area contributed by atoms with E-state index >= 15 is 0 Å².